The highest BCUT2D eigenvalue weighted by molar-refractivity contribution is 7.97. The topological polar surface area (TPSA) is 116 Å². The molecule has 0 saturated carbocycles. The van der Waals surface area contributed by atoms with E-state index in [-0.39, 0.29) is 17.8 Å². The normalized spacial score (nSPS) is 14.8. The third-order valence-electron chi connectivity index (χ3n) is 6.66. The maximum Gasteiger partial charge on any atom is 0.224 e. The minimum absolute atomic E-state index is 0.0576. The van der Waals surface area contributed by atoms with E-state index >= 15 is 0 Å². The molecule has 1 aliphatic heterocycles. The maximum absolute atomic E-state index is 12.6. The Morgan fingerprint density at radius 2 is 1.92 bits per heavy atom. The molecule has 0 bridgehead atoms. The van der Waals surface area contributed by atoms with Gasteiger partial charge in [-0.3, -0.25) is 10.2 Å². The van der Waals surface area contributed by atoms with Crippen molar-refractivity contribution in [3.63, 3.8) is 0 Å². The van der Waals surface area contributed by atoms with Crippen LogP contribution in [0.2, 0.25) is 0 Å². The van der Waals surface area contributed by atoms with Crippen molar-refractivity contribution in [3.05, 3.63) is 88.9 Å². The number of fused-ring (bicyclic) bond motifs is 1. The smallest absolute Gasteiger partial charge is 0.224 e. The fourth-order valence-electron chi connectivity index (χ4n) is 4.66. The standard InChI is InChI=1S/C29H32N6OS2/c30-28(31)21-6-3-5-20(15-21)16-25(29-34-24-9-1-2-10-26(24)37-29)35-38-23-8-4-7-22(18-23)33-27(36)17-19-11-13-32-14-12-19/h1-10,15,18-19,25,32,35H,11-14,16-17H2,(H3,30,31)(H,33,36). The summed E-state index contributed by atoms with van der Waals surface area (Å²) in [5, 5.41) is 15.2. The molecule has 7 nitrogen and oxygen atoms in total. The first-order chi connectivity index (χ1) is 18.5. The second kappa shape index (κ2) is 12.5. The molecular weight excluding hydrogens is 512 g/mol. The summed E-state index contributed by atoms with van der Waals surface area (Å²) in [6, 6.07) is 23.8. The van der Waals surface area contributed by atoms with E-state index < -0.39 is 0 Å². The van der Waals surface area contributed by atoms with Gasteiger partial charge in [-0.05, 0) is 92.2 Å². The lowest BCUT2D eigenvalue weighted by atomic mass is 9.94. The van der Waals surface area contributed by atoms with Crippen LogP contribution in [0.15, 0.2) is 77.7 Å². The minimum atomic E-state index is -0.0576. The predicted molar refractivity (Wildman–Crippen MR) is 158 cm³/mol. The first kappa shape index (κ1) is 26.4. The van der Waals surface area contributed by atoms with Crippen molar-refractivity contribution >= 4 is 50.9 Å². The van der Waals surface area contributed by atoms with Crippen molar-refractivity contribution in [1.82, 2.24) is 15.0 Å². The number of benzene rings is 3. The van der Waals surface area contributed by atoms with E-state index in [4.69, 9.17) is 16.1 Å². The summed E-state index contributed by atoms with van der Waals surface area (Å²) in [7, 11) is 0. The molecule has 6 N–H and O–H groups in total. The Kier molecular flexibility index (Phi) is 8.70. The molecule has 1 fully saturated rings. The minimum Gasteiger partial charge on any atom is -0.384 e. The van der Waals surface area contributed by atoms with Crippen molar-refractivity contribution in [3.8, 4) is 0 Å². The van der Waals surface area contributed by atoms with Gasteiger partial charge in [0.25, 0.3) is 0 Å². The van der Waals surface area contributed by atoms with Gasteiger partial charge in [-0.2, -0.15) is 0 Å². The molecule has 3 aromatic carbocycles. The van der Waals surface area contributed by atoms with Crippen LogP contribution in [0.5, 0.6) is 0 Å². The lowest BCUT2D eigenvalue weighted by Crippen LogP contribution is -2.30. The van der Waals surface area contributed by atoms with Gasteiger partial charge in [0, 0.05) is 22.6 Å². The van der Waals surface area contributed by atoms with Crippen LogP contribution in [0, 0.1) is 11.3 Å². The van der Waals surface area contributed by atoms with Crippen molar-refractivity contribution in [2.24, 2.45) is 11.7 Å². The number of hydrogen-bond donors (Lipinski definition) is 5. The Hall–Kier alpha value is -3.24. The highest BCUT2D eigenvalue weighted by Crippen LogP contribution is 2.31. The van der Waals surface area contributed by atoms with Crippen molar-refractivity contribution in [2.75, 3.05) is 18.4 Å². The fraction of sp³-hybridized carbons (Fsp3) is 0.276. The van der Waals surface area contributed by atoms with Crippen LogP contribution in [0.4, 0.5) is 5.69 Å². The van der Waals surface area contributed by atoms with Crippen LogP contribution in [0.1, 0.15) is 41.4 Å². The van der Waals surface area contributed by atoms with Crippen LogP contribution in [0.25, 0.3) is 10.2 Å². The summed E-state index contributed by atoms with van der Waals surface area (Å²) in [4.78, 5) is 18.5. The molecule has 0 spiro atoms. The fourth-order valence-corrected chi connectivity index (χ4v) is 6.56. The molecule has 1 amide bonds. The van der Waals surface area contributed by atoms with E-state index in [1.807, 2.05) is 60.7 Å². The number of hydrogen-bond acceptors (Lipinski definition) is 7. The monoisotopic (exact) mass is 544 g/mol. The number of piperidine rings is 1. The third kappa shape index (κ3) is 6.99. The van der Waals surface area contributed by atoms with Crippen LogP contribution < -0.4 is 21.1 Å². The lowest BCUT2D eigenvalue weighted by molar-refractivity contribution is -0.117. The molecule has 4 aromatic rings. The van der Waals surface area contributed by atoms with E-state index in [2.05, 4.69) is 27.5 Å². The Morgan fingerprint density at radius 1 is 1.11 bits per heavy atom. The number of nitrogens with two attached hydrogens (primary N) is 1. The zero-order valence-electron chi connectivity index (χ0n) is 21.1. The average Bonchev–Trinajstić information content (AvgIpc) is 3.36. The Labute approximate surface area is 231 Å². The van der Waals surface area contributed by atoms with Crippen molar-refractivity contribution in [1.29, 1.82) is 5.41 Å². The number of amidine groups is 1. The number of amides is 1. The lowest BCUT2D eigenvalue weighted by Gasteiger charge is -2.22. The third-order valence-corrected chi connectivity index (χ3v) is 8.70. The SMILES string of the molecule is N=C(N)c1cccc(CC(NSc2cccc(NC(=O)CC3CCNCC3)c2)c2nc3ccccc3s2)c1. The highest BCUT2D eigenvalue weighted by Gasteiger charge is 2.19. The van der Waals surface area contributed by atoms with E-state index in [0.29, 0.717) is 24.3 Å². The van der Waals surface area contributed by atoms with Gasteiger partial charge in [-0.25, -0.2) is 9.71 Å². The predicted octanol–water partition coefficient (Wildman–Crippen LogP) is 5.49. The summed E-state index contributed by atoms with van der Waals surface area (Å²) < 4.78 is 4.77. The quantitative estimate of drug-likeness (QED) is 0.102. The van der Waals surface area contributed by atoms with E-state index in [1.54, 1.807) is 11.3 Å². The van der Waals surface area contributed by atoms with Gasteiger partial charge in [0.2, 0.25) is 5.91 Å². The van der Waals surface area contributed by atoms with E-state index in [9.17, 15) is 4.79 Å². The molecule has 1 saturated heterocycles. The first-order valence-electron chi connectivity index (χ1n) is 12.9. The van der Waals surface area contributed by atoms with E-state index in [0.717, 1.165) is 57.3 Å². The molecule has 1 aromatic heterocycles. The van der Waals surface area contributed by atoms with E-state index in [1.165, 1.54) is 11.9 Å². The number of aromatic nitrogens is 1. The molecule has 1 unspecified atom stereocenters. The molecule has 9 heteroatoms. The molecule has 38 heavy (non-hydrogen) atoms. The Balaban J connectivity index is 1.29. The highest BCUT2D eigenvalue weighted by atomic mass is 32.2. The average molecular weight is 545 g/mol. The molecule has 1 atom stereocenters. The van der Waals surface area contributed by atoms with Crippen molar-refractivity contribution in [2.45, 2.75) is 36.6 Å². The molecule has 1 aliphatic rings. The van der Waals surface area contributed by atoms with Crippen LogP contribution in [-0.2, 0) is 11.2 Å². The molecular formula is C29H32N6OS2. The molecule has 196 valence electrons. The number of nitrogen functional groups attached to an aromatic ring is 1. The summed E-state index contributed by atoms with van der Waals surface area (Å²) in [6.45, 7) is 1.98. The number of carbonyl (C=O) groups is 1. The number of thiazole rings is 1. The van der Waals surface area contributed by atoms with Crippen LogP contribution in [0.3, 0.4) is 0 Å². The zero-order chi connectivity index (χ0) is 26.3. The van der Waals surface area contributed by atoms with Crippen LogP contribution >= 0.6 is 23.3 Å². The number of nitrogens with one attached hydrogen (secondary N) is 4. The summed E-state index contributed by atoms with van der Waals surface area (Å²) in [6.07, 6.45) is 3.36. The largest absolute Gasteiger partial charge is 0.384 e. The maximum atomic E-state index is 12.6. The van der Waals surface area contributed by atoms with Crippen molar-refractivity contribution < 1.29 is 4.79 Å². The second-order valence-corrected chi connectivity index (χ2v) is 11.6. The number of anilines is 1. The number of para-hydroxylation sites is 1. The summed E-state index contributed by atoms with van der Waals surface area (Å²) >= 11 is 3.21. The number of rotatable bonds is 10. The first-order valence-corrected chi connectivity index (χ1v) is 14.5. The second-order valence-electron chi connectivity index (χ2n) is 9.58. The Bertz CT molecular complexity index is 1380. The zero-order valence-corrected chi connectivity index (χ0v) is 22.7. The Morgan fingerprint density at radius 3 is 2.74 bits per heavy atom. The molecule has 5 rings (SSSR count). The van der Waals surface area contributed by atoms with Gasteiger partial charge in [-0.1, -0.05) is 36.4 Å². The number of nitrogens with zero attached hydrogens (tertiary/aromatic N) is 1. The van der Waals surface area contributed by atoms with Gasteiger partial charge < -0.3 is 16.4 Å². The van der Waals surface area contributed by atoms with Gasteiger partial charge in [0.1, 0.15) is 10.8 Å². The van der Waals surface area contributed by atoms with Crippen LogP contribution in [-0.4, -0.2) is 29.8 Å². The van der Waals surface area contributed by atoms with Gasteiger partial charge >= 0.3 is 0 Å². The van der Waals surface area contributed by atoms with Gasteiger partial charge in [0.05, 0.1) is 16.3 Å². The van der Waals surface area contributed by atoms with Gasteiger partial charge in [-0.15, -0.1) is 11.3 Å². The van der Waals surface area contributed by atoms with Gasteiger partial charge in [0.15, 0.2) is 0 Å². The summed E-state index contributed by atoms with van der Waals surface area (Å²) in [5.41, 5.74) is 9.32. The number of carbonyl (C=O) groups excluding carboxylic acids is 1. The molecule has 2 heterocycles. The summed E-state index contributed by atoms with van der Waals surface area (Å²) in [5.74, 6) is 0.584. The molecule has 0 aliphatic carbocycles. The molecule has 0 radical (unpaired) electrons.